The number of benzene rings is 1. The van der Waals surface area contributed by atoms with E-state index in [9.17, 15) is 9.59 Å². The zero-order valence-electron chi connectivity index (χ0n) is 17.8. The molecule has 0 radical (unpaired) electrons. The Morgan fingerprint density at radius 1 is 1.06 bits per heavy atom. The van der Waals surface area contributed by atoms with Gasteiger partial charge in [-0.25, -0.2) is 4.79 Å². The molecule has 2 aliphatic rings. The molecule has 10 nitrogen and oxygen atoms in total. The molecular weight excluding hydrogens is 400 g/mol. The fourth-order valence-corrected chi connectivity index (χ4v) is 4.26. The minimum atomic E-state index is -0.378. The van der Waals surface area contributed by atoms with Gasteiger partial charge in [-0.05, 0) is 12.1 Å². The van der Waals surface area contributed by atoms with Crippen LogP contribution in [0.5, 0.6) is 5.75 Å². The van der Waals surface area contributed by atoms with Crippen LogP contribution in [0.3, 0.4) is 0 Å². The van der Waals surface area contributed by atoms with E-state index in [2.05, 4.69) is 14.8 Å². The van der Waals surface area contributed by atoms with Crippen molar-refractivity contribution in [1.82, 2.24) is 23.6 Å². The summed E-state index contributed by atoms with van der Waals surface area (Å²) >= 11 is 0. The van der Waals surface area contributed by atoms with E-state index in [1.54, 1.807) is 7.05 Å². The van der Waals surface area contributed by atoms with Crippen LogP contribution in [0.1, 0.15) is 0 Å². The number of morpholine rings is 1. The van der Waals surface area contributed by atoms with Crippen molar-refractivity contribution in [2.24, 2.45) is 14.1 Å². The number of anilines is 2. The molecule has 1 saturated heterocycles. The molecule has 2 aliphatic heterocycles. The first-order valence-electron chi connectivity index (χ1n) is 10.5. The number of aromatic nitrogens is 4. The summed E-state index contributed by atoms with van der Waals surface area (Å²) in [6.07, 6.45) is 0. The third kappa shape index (κ3) is 3.41. The van der Waals surface area contributed by atoms with Crippen LogP contribution in [-0.2, 0) is 25.4 Å². The Bertz CT molecular complexity index is 1240. The van der Waals surface area contributed by atoms with Gasteiger partial charge in [0.15, 0.2) is 11.2 Å². The van der Waals surface area contributed by atoms with Crippen LogP contribution >= 0.6 is 0 Å². The predicted molar refractivity (Wildman–Crippen MR) is 116 cm³/mol. The van der Waals surface area contributed by atoms with Gasteiger partial charge in [-0.15, -0.1) is 0 Å². The van der Waals surface area contributed by atoms with Crippen molar-refractivity contribution < 1.29 is 9.47 Å². The van der Waals surface area contributed by atoms with Gasteiger partial charge < -0.3 is 18.9 Å². The average Bonchev–Trinajstić information content (AvgIpc) is 3.37. The molecule has 0 unspecified atom stereocenters. The van der Waals surface area contributed by atoms with E-state index in [0.717, 1.165) is 48.9 Å². The summed E-state index contributed by atoms with van der Waals surface area (Å²) in [7, 11) is 3.13. The lowest BCUT2D eigenvalue weighted by atomic mass is 10.3. The monoisotopic (exact) mass is 426 g/mol. The Morgan fingerprint density at radius 2 is 1.87 bits per heavy atom. The highest BCUT2D eigenvalue weighted by Gasteiger charge is 2.28. The fraction of sp³-hybridized carbons (Fsp3) is 0.476. The second-order valence-electron chi connectivity index (χ2n) is 7.89. The molecule has 0 N–H and O–H groups in total. The summed E-state index contributed by atoms with van der Waals surface area (Å²) in [5, 5.41) is 0. The van der Waals surface area contributed by atoms with Crippen molar-refractivity contribution in [3.63, 3.8) is 0 Å². The molecule has 4 heterocycles. The first-order chi connectivity index (χ1) is 15.0. The Kier molecular flexibility index (Phi) is 5.03. The minimum absolute atomic E-state index is 0.320. The number of imidazole rings is 1. The molecular formula is C21H26N6O4. The van der Waals surface area contributed by atoms with Crippen molar-refractivity contribution in [1.29, 1.82) is 0 Å². The fourth-order valence-electron chi connectivity index (χ4n) is 4.26. The molecule has 1 fully saturated rings. The molecule has 164 valence electrons. The highest BCUT2D eigenvalue weighted by Crippen LogP contribution is 2.33. The third-order valence-corrected chi connectivity index (χ3v) is 6.03. The van der Waals surface area contributed by atoms with Crippen LogP contribution in [0.4, 0.5) is 11.6 Å². The summed E-state index contributed by atoms with van der Waals surface area (Å²) in [4.78, 5) is 34.0. The van der Waals surface area contributed by atoms with E-state index in [4.69, 9.17) is 9.47 Å². The summed E-state index contributed by atoms with van der Waals surface area (Å²) < 4.78 is 15.8. The van der Waals surface area contributed by atoms with Crippen LogP contribution < -0.4 is 20.9 Å². The summed E-state index contributed by atoms with van der Waals surface area (Å²) in [5.41, 5.74) is 1.11. The Labute approximate surface area is 178 Å². The lowest BCUT2D eigenvalue weighted by molar-refractivity contribution is 0.0322. The average molecular weight is 426 g/mol. The van der Waals surface area contributed by atoms with Gasteiger partial charge in [-0.3, -0.25) is 18.8 Å². The maximum Gasteiger partial charge on any atom is 0.332 e. The third-order valence-electron chi connectivity index (χ3n) is 6.03. The summed E-state index contributed by atoms with van der Waals surface area (Å²) in [5.74, 6) is 1.46. The molecule has 3 aromatic rings. The van der Waals surface area contributed by atoms with Gasteiger partial charge >= 0.3 is 5.69 Å². The minimum Gasteiger partial charge on any atom is -0.492 e. The maximum atomic E-state index is 12.7. The number of hydrogen-bond acceptors (Lipinski definition) is 7. The molecule has 10 heteroatoms. The highest BCUT2D eigenvalue weighted by molar-refractivity contribution is 5.77. The molecule has 5 rings (SSSR count). The quantitative estimate of drug-likeness (QED) is 0.580. The van der Waals surface area contributed by atoms with Gasteiger partial charge in [-0.2, -0.15) is 4.98 Å². The zero-order valence-corrected chi connectivity index (χ0v) is 17.8. The molecule has 0 amide bonds. The molecule has 0 spiro atoms. The number of rotatable bonds is 5. The van der Waals surface area contributed by atoms with Gasteiger partial charge in [-0.1, -0.05) is 6.07 Å². The van der Waals surface area contributed by atoms with Gasteiger partial charge in [0, 0.05) is 58.6 Å². The second-order valence-corrected chi connectivity index (χ2v) is 7.89. The molecule has 31 heavy (non-hydrogen) atoms. The highest BCUT2D eigenvalue weighted by atomic mass is 16.5. The number of aryl methyl sites for hydroxylation is 1. The van der Waals surface area contributed by atoms with Crippen LogP contribution in [0, 0.1) is 0 Å². The normalized spacial score (nSPS) is 16.8. The van der Waals surface area contributed by atoms with Crippen LogP contribution in [0.15, 0.2) is 33.9 Å². The molecule has 2 aromatic heterocycles. The van der Waals surface area contributed by atoms with Crippen molar-refractivity contribution in [2.45, 2.75) is 6.54 Å². The first kappa shape index (κ1) is 19.8. The van der Waals surface area contributed by atoms with Crippen LogP contribution in [-0.4, -0.2) is 69.6 Å². The Hall–Kier alpha value is -3.11. The van der Waals surface area contributed by atoms with Crippen LogP contribution in [0.25, 0.3) is 11.2 Å². The number of ether oxygens (including phenoxy) is 2. The summed E-state index contributed by atoms with van der Waals surface area (Å²) in [6.45, 7) is 6.23. The Balaban J connectivity index is 1.40. The van der Waals surface area contributed by atoms with E-state index in [0.29, 0.717) is 36.8 Å². The standard InChI is InChI=1S/C21H26N6O4/c1-23-18-17(19(28)24(2)21(23)29)27-7-6-26(20(27)22-18)15-4-3-5-16(14-15)31-13-10-25-8-11-30-12-9-25/h3-5,14H,6-13H2,1-2H3. The van der Waals surface area contributed by atoms with Crippen molar-refractivity contribution >= 4 is 22.8 Å². The van der Waals surface area contributed by atoms with Crippen LogP contribution in [0.2, 0.25) is 0 Å². The lowest BCUT2D eigenvalue weighted by Crippen LogP contribution is -2.38. The van der Waals surface area contributed by atoms with E-state index in [-0.39, 0.29) is 11.2 Å². The first-order valence-corrected chi connectivity index (χ1v) is 10.5. The smallest absolute Gasteiger partial charge is 0.332 e. The van der Waals surface area contributed by atoms with E-state index in [1.165, 1.54) is 11.6 Å². The van der Waals surface area contributed by atoms with Gasteiger partial charge in [0.05, 0.1) is 13.2 Å². The van der Waals surface area contributed by atoms with Crippen molar-refractivity contribution in [3.05, 3.63) is 45.1 Å². The molecule has 0 bridgehead atoms. The second kappa shape index (κ2) is 7.86. The maximum absolute atomic E-state index is 12.7. The molecule has 0 aliphatic carbocycles. The largest absolute Gasteiger partial charge is 0.492 e. The number of nitrogens with zero attached hydrogens (tertiary/aromatic N) is 6. The molecule has 1 aromatic carbocycles. The van der Waals surface area contributed by atoms with Crippen molar-refractivity contribution in [3.8, 4) is 5.75 Å². The van der Waals surface area contributed by atoms with E-state index < -0.39 is 0 Å². The van der Waals surface area contributed by atoms with Gasteiger partial charge in [0.25, 0.3) is 5.56 Å². The predicted octanol–water partition coefficient (Wildman–Crippen LogP) is 0.296. The topological polar surface area (TPSA) is 86.8 Å². The van der Waals surface area contributed by atoms with E-state index >= 15 is 0 Å². The zero-order chi connectivity index (χ0) is 21.5. The SMILES string of the molecule is Cn1c(=O)c2c(nc3n2CCN3c2cccc(OCCN3CCOCC3)c2)n(C)c1=O. The lowest BCUT2D eigenvalue weighted by Gasteiger charge is -2.26. The number of hydrogen-bond donors (Lipinski definition) is 0. The van der Waals surface area contributed by atoms with Gasteiger partial charge in [0.2, 0.25) is 5.95 Å². The van der Waals surface area contributed by atoms with Crippen molar-refractivity contribution in [2.75, 3.05) is 50.9 Å². The summed E-state index contributed by atoms with van der Waals surface area (Å²) in [6, 6.07) is 7.90. The number of fused-ring (bicyclic) bond motifs is 3. The molecule has 0 atom stereocenters. The molecule has 0 saturated carbocycles. The van der Waals surface area contributed by atoms with Gasteiger partial charge in [0.1, 0.15) is 12.4 Å². The Morgan fingerprint density at radius 3 is 2.68 bits per heavy atom. The van der Waals surface area contributed by atoms with E-state index in [1.807, 2.05) is 28.8 Å².